The van der Waals surface area contributed by atoms with Gasteiger partial charge in [-0.1, -0.05) is 67.4 Å². The Hall–Kier alpha value is -2.60. The van der Waals surface area contributed by atoms with Crippen LogP contribution in [0.25, 0.3) is 21.8 Å². The summed E-state index contributed by atoms with van der Waals surface area (Å²) in [5.41, 5.74) is 2.85. The van der Waals surface area contributed by atoms with Crippen LogP contribution >= 0.6 is 11.8 Å². The maximum absolute atomic E-state index is 11.7. The molecule has 1 fully saturated rings. The lowest BCUT2D eigenvalue weighted by molar-refractivity contribution is -0.137. The highest BCUT2D eigenvalue weighted by atomic mass is 32.2. The number of nitrogens with zero attached hydrogens (tertiary/aromatic N) is 2. The molecule has 1 heterocycles. The topological polar surface area (TPSA) is 63.6 Å². The number of amidine groups is 1. The van der Waals surface area contributed by atoms with Gasteiger partial charge in [0.1, 0.15) is 0 Å². The van der Waals surface area contributed by atoms with E-state index in [-0.39, 0.29) is 11.7 Å². The van der Waals surface area contributed by atoms with Gasteiger partial charge >= 0.3 is 5.97 Å². The smallest absolute Gasteiger partial charge is 0.316 e. The first-order valence-electron chi connectivity index (χ1n) is 10.1. The van der Waals surface area contributed by atoms with Crippen LogP contribution in [-0.4, -0.2) is 35.0 Å². The van der Waals surface area contributed by atoms with Crippen molar-refractivity contribution in [3.8, 4) is 0 Å². The molecule has 1 N–H and O–H groups in total. The normalized spacial score (nSPS) is 15.6. The number of benzene rings is 2. The van der Waals surface area contributed by atoms with Gasteiger partial charge in [0.25, 0.3) is 0 Å². The molecular formula is C23H25N3O2S. The van der Waals surface area contributed by atoms with Crippen molar-refractivity contribution in [2.24, 2.45) is 4.99 Å². The van der Waals surface area contributed by atoms with Crippen molar-refractivity contribution >= 4 is 50.4 Å². The summed E-state index contributed by atoms with van der Waals surface area (Å²) < 4.78 is 4.83. The number of para-hydroxylation sites is 2. The molecular weight excluding hydrogens is 382 g/mol. The molecule has 0 radical (unpaired) electrons. The van der Waals surface area contributed by atoms with Gasteiger partial charge in [-0.05, 0) is 25.0 Å². The van der Waals surface area contributed by atoms with E-state index in [1.54, 1.807) is 0 Å². The molecule has 1 saturated carbocycles. The third-order valence-corrected chi connectivity index (χ3v) is 6.11. The number of nitrogens with one attached hydrogen (secondary N) is 1. The third-order valence-electron chi connectivity index (χ3n) is 5.25. The number of hydrogen-bond donors (Lipinski definition) is 1. The molecule has 29 heavy (non-hydrogen) atoms. The molecule has 5 nitrogen and oxygen atoms in total. The van der Waals surface area contributed by atoms with Crippen LogP contribution < -0.4 is 5.32 Å². The van der Waals surface area contributed by atoms with Crippen molar-refractivity contribution in [2.75, 3.05) is 18.2 Å². The van der Waals surface area contributed by atoms with E-state index >= 15 is 0 Å². The van der Waals surface area contributed by atoms with Gasteiger partial charge in [0.2, 0.25) is 0 Å². The van der Waals surface area contributed by atoms with Gasteiger partial charge in [-0.2, -0.15) is 0 Å². The van der Waals surface area contributed by atoms with Crippen molar-refractivity contribution in [1.29, 1.82) is 0 Å². The molecule has 2 aromatic carbocycles. The van der Waals surface area contributed by atoms with Gasteiger partial charge in [-0.25, -0.2) is 4.98 Å². The highest BCUT2D eigenvalue weighted by molar-refractivity contribution is 8.14. The first kappa shape index (κ1) is 19.7. The fourth-order valence-electron chi connectivity index (χ4n) is 3.75. The summed E-state index contributed by atoms with van der Waals surface area (Å²) in [5.74, 6) is -0.0201. The Bertz CT molecular complexity index is 991. The zero-order valence-corrected chi connectivity index (χ0v) is 17.4. The fraction of sp³-hybridized carbons (Fsp3) is 0.348. The number of esters is 1. The van der Waals surface area contributed by atoms with Crippen LogP contribution in [0, 0.1) is 0 Å². The second-order valence-corrected chi connectivity index (χ2v) is 8.20. The lowest BCUT2D eigenvalue weighted by atomic mass is 9.96. The third kappa shape index (κ3) is 4.70. The molecule has 3 aromatic rings. The van der Waals surface area contributed by atoms with Gasteiger partial charge in [-0.15, -0.1) is 0 Å². The number of aliphatic imine (C=N–C) groups is 1. The number of methoxy groups -OCH3 is 1. The number of pyridine rings is 1. The number of thioether (sulfide) groups is 1. The van der Waals surface area contributed by atoms with Crippen molar-refractivity contribution in [2.45, 2.75) is 38.1 Å². The summed E-state index contributed by atoms with van der Waals surface area (Å²) in [6.45, 7) is 0. The lowest BCUT2D eigenvalue weighted by Crippen LogP contribution is -2.18. The van der Waals surface area contributed by atoms with Gasteiger partial charge < -0.3 is 10.1 Å². The SMILES string of the molecule is COC(=O)CSC(=NC1CCCCC1)Nc1c2ccccc2nc2ccccc12. The first-order valence-corrected chi connectivity index (χ1v) is 11.0. The van der Waals surface area contributed by atoms with Crippen LogP contribution in [-0.2, 0) is 9.53 Å². The maximum atomic E-state index is 11.7. The summed E-state index contributed by atoms with van der Waals surface area (Å²) in [5, 5.41) is 6.41. The molecule has 1 aliphatic carbocycles. The second kappa shape index (κ2) is 9.27. The molecule has 0 unspecified atom stereocenters. The number of rotatable bonds is 4. The molecule has 1 aliphatic rings. The average molecular weight is 408 g/mol. The van der Waals surface area contributed by atoms with Crippen LogP contribution in [0.5, 0.6) is 0 Å². The minimum Gasteiger partial charge on any atom is -0.468 e. The number of hydrogen-bond acceptors (Lipinski definition) is 5. The quantitative estimate of drug-likeness (QED) is 0.272. The number of ether oxygens (including phenoxy) is 1. The van der Waals surface area contributed by atoms with E-state index < -0.39 is 0 Å². The Morgan fingerprint density at radius 3 is 2.31 bits per heavy atom. The molecule has 150 valence electrons. The predicted octanol–water partition coefficient (Wildman–Crippen LogP) is 5.39. The highest BCUT2D eigenvalue weighted by Gasteiger charge is 2.17. The van der Waals surface area contributed by atoms with Crippen molar-refractivity contribution < 1.29 is 9.53 Å². The summed E-state index contributed by atoms with van der Waals surface area (Å²) in [4.78, 5) is 21.5. The van der Waals surface area contributed by atoms with E-state index in [9.17, 15) is 4.79 Å². The zero-order chi connectivity index (χ0) is 20.1. The van der Waals surface area contributed by atoms with Gasteiger partial charge in [-0.3, -0.25) is 9.79 Å². The Kier molecular flexibility index (Phi) is 6.30. The molecule has 0 atom stereocenters. The Morgan fingerprint density at radius 1 is 1.07 bits per heavy atom. The molecule has 6 heteroatoms. The number of aromatic nitrogens is 1. The molecule has 0 bridgehead atoms. The summed E-state index contributed by atoms with van der Waals surface area (Å²) in [6, 6.07) is 16.5. The molecule has 0 amide bonds. The standard InChI is InChI=1S/C23H25N3O2S/c1-28-21(27)15-29-23(24-16-9-3-2-4-10-16)26-22-17-11-5-7-13-19(17)25-20-14-8-6-12-18(20)22/h5-8,11-14,16H,2-4,9-10,15H2,1H3,(H,24,25,26). The minimum absolute atomic E-state index is 0.232. The maximum Gasteiger partial charge on any atom is 0.316 e. The molecule has 0 saturated heterocycles. The van der Waals surface area contributed by atoms with E-state index in [0.29, 0.717) is 6.04 Å². The number of anilines is 1. The Morgan fingerprint density at radius 2 is 1.69 bits per heavy atom. The van der Waals surface area contributed by atoms with Gasteiger partial charge in [0.05, 0.1) is 35.6 Å². The molecule has 1 aromatic heterocycles. The van der Waals surface area contributed by atoms with Crippen LogP contribution in [0.3, 0.4) is 0 Å². The number of fused-ring (bicyclic) bond motifs is 2. The zero-order valence-electron chi connectivity index (χ0n) is 16.6. The Balaban J connectivity index is 1.74. The van der Waals surface area contributed by atoms with Gasteiger partial charge in [0.15, 0.2) is 5.17 Å². The lowest BCUT2D eigenvalue weighted by Gasteiger charge is -2.20. The van der Waals surface area contributed by atoms with Crippen LogP contribution in [0.15, 0.2) is 53.5 Å². The molecule has 4 rings (SSSR count). The van der Waals surface area contributed by atoms with Crippen LogP contribution in [0.1, 0.15) is 32.1 Å². The van der Waals surface area contributed by atoms with Gasteiger partial charge in [0, 0.05) is 10.8 Å². The highest BCUT2D eigenvalue weighted by Crippen LogP contribution is 2.32. The van der Waals surface area contributed by atoms with E-state index in [0.717, 1.165) is 45.5 Å². The predicted molar refractivity (Wildman–Crippen MR) is 122 cm³/mol. The summed E-state index contributed by atoms with van der Waals surface area (Å²) in [7, 11) is 1.41. The first-order chi connectivity index (χ1) is 14.2. The second-order valence-electron chi connectivity index (χ2n) is 7.24. The van der Waals surface area contributed by atoms with E-state index in [4.69, 9.17) is 14.7 Å². The van der Waals surface area contributed by atoms with Crippen LogP contribution in [0.4, 0.5) is 5.69 Å². The monoisotopic (exact) mass is 407 g/mol. The Labute approximate surface area is 175 Å². The summed E-state index contributed by atoms with van der Waals surface area (Å²) >= 11 is 1.40. The molecule has 0 spiro atoms. The number of carbonyl (C=O) groups excluding carboxylic acids is 1. The summed E-state index contributed by atoms with van der Waals surface area (Å²) in [6.07, 6.45) is 5.90. The average Bonchev–Trinajstić information content (AvgIpc) is 2.77. The van der Waals surface area contributed by atoms with E-state index in [2.05, 4.69) is 17.4 Å². The van der Waals surface area contributed by atoms with Crippen molar-refractivity contribution in [1.82, 2.24) is 4.98 Å². The van der Waals surface area contributed by atoms with E-state index in [1.165, 1.54) is 38.1 Å². The van der Waals surface area contributed by atoms with Crippen LogP contribution in [0.2, 0.25) is 0 Å². The minimum atomic E-state index is -0.252. The molecule has 0 aliphatic heterocycles. The largest absolute Gasteiger partial charge is 0.468 e. The van der Waals surface area contributed by atoms with Crippen molar-refractivity contribution in [3.05, 3.63) is 48.5 Å². The fourth-order valence-corrected chi connectivity index (χ4v) is 4.52. The number of carbonyl (C=O) groups is 1. The van der Waals surface area contributed by atoms with E-state index in [1.807, 2.05) is 36.4 Å². The van der Waals surface area contributed by atoms with Crippen molar-refractivity contribution in [3.63, 3.8) is 0 Å².